The van der Waals surface area contributed by atoms with Crippen molar-refractivity contribution in [1.82, 2.24) is 5.32 Å². The predicted octanol–water partition coefficient (Wildman–Crippen LogP) is 4.06. The molecule has 1 aromatic carbocycles. The average Bonchev–Trinajstić information content (AvgIpc) is 2.54. The maximum Gasteiger partial charge on any atom is 0.338 e. The van der Waals surface area contributed by atoms with Crippen LogP contribution in [0, 0.1) is 34.8 Å². The molecule has 0 saturated heterocycles. The summed E-state index contributed by atoms with van der Waals surface area (Å²) in [6.07, 6.45) is 7.96. The smallest absolute Gasteiger partial charge is 0.338 e. The van der Waals surface area contributed by atoms with E-state index in [2.05, 4.69) is 10.1 Å². The summed E-state index contributed by atoms with van der Waals surface area (Å²) in [7, 11) is 1.22. The van der Waals surface area contributed by atoms with E-state index in [9.17, 15) is 13.6 Å². The molecule has 1 aromatic rings. The number of esters is 1. The van der Waals surface area contributed by atoms with Gasteiger partial charge in [0.1, 0.15) is 11.6 Å². The SMILES string of the molecule is COC(=O)c1cc(F)cc(F)c1CNCC12CC3CC(CC(C3)C1)C2. The van der Waals surface area contributed by atoms with Crippen LogP contribution in [0.15, 0.2) is 12.1 Å². The summed E-state index contributed by atoms with van der Waals surface area (Å²) in [6, 6.07) is 1.88. The highest BCUT2D eigenvalue weighted by Crippen LogP contribution is 2.59. The third-order valence-electron chi connectivity index (χ3n) is 6.53. The lowest BCUT2D eigenvalue weighted by Gasteiger charge is -2.57. The van der Waals surface area contributed by atoms with Crippen molar-refractivity contribution in [3.05, 3.63) is 34.9 Å². The number of rotatable bonds is 5. The quantitative estimate of drug-likeness (QED) is 0.815. The van der Waals surface area contributed by atoms with Crippen molar-refractivity contribution in [2.24, 2.45) is 23.2 Å². The van der Waals surface area contributed by atoms with Crippen molar-refractivity contribution < 1.29 is 18.3 Å². The minimum atomic E-state index is -0.761. The zero-order valence-corrected chi connectivity index (χ0v) is 14.6. The van der Waals surface area contributed by atoms with Crippen molar-refractivity contribution in [2.75, 3.05) is 13.7 Å². The van der Waals surface area contributed by atoms with E-state index in [1.54, 1.807) is 0 Å². The van der Waals surface area contributed by atoms with Gasteiger partial charge >= 0.3 is 5.97 Å². The molecule has 0 atom stereocenters. The first-order valence-electron chi connectivity index (χ1n) is 9.25. The Hall–Kier alpha value is -1.49. The molecule has 3 nitrogen and oxygen atoms in total. The van der Waals surface area contributed by atoms with Gasteiger partial charge < -0.3 is 10.1 Å². The van der Waals surface area contributed by atoms with Gasteiger partial charge in [0.15, 0.2) is 0 Å². The normalized spacial score (nSPS) is 32.8. The van der Waals surface area contributed by atoms with Crippen molar-refractivity contribution in [2.45, 2.75) is 45.1 Å². The second-order valence-corrected chi connectivity index (χ2v) is 8.43. The number of ether oxygens (including phenoxy) is 1. The van der Waals surface area contributed by atoms with Crippen LogP contribution in [0.4, 0.5) is 8.78 Å². The second kappa shape index (κ2) is 6.35. The van der Waals surface area contributed by atoms with Gasteiger partial charge in [-0.05, 0) is 67.8 Å². The first kappa shape index (κ1) is 17.0. The minimum absolute atomic E-state index is 0.0296. The first-order chi connectivity index (χ1) is 12.0. The summed E-state index contributed by atoms with van der Waals surface area (Å²) in [5.41, 5.74) is 0.493. The van der Waals surface area contributed by atoms with E-state index in [1.165, 1.54) is 45.6 Å². The Morgan fingerprint density at radius 1 is 1.16 bits per heavy atom. The van der Waals surface area contributed by atoms with Gasteiger partial charge in [0.2, 0.25) is 0 Å². The Balaban J connectivity index is 1.46. The van der Waals surface area contributed by atoms with Crippen LogP contribution in [0.5, 0.6) is 0 Å². The molecule has 0 unspecified atom stereocenters. The van der Waals surface area contributed by atoms with Crippen LogP contribution in [0.3, 0.4) is 0 Å². The van der Waals surface area contributed by atoms with Crippen LogP contribution >= 0.6 is 0 Å². The summed E-state index contributed by atoms with van der Waals surface area (Å²) >= 11 is 0. The van der Waals surface area contributed by atoms with Crippen LogP contribution in [-0.4, -0.2) is 19.6 Å². The number of methoxy groups -OCH3 is 1. The molecule has 5 heteroatoms. The molecule has 0 aromatic heterocycles. The highest BCUT2D eigenvalue weighted by atomic mass is 19.1. The molecule has 4 aliphatic rings. The summed E-state index contributed by atoms with van der Waals surface area (Å²) < 4.78 is 32.3. The number of carbonyl (C=O) groups excluding carboxylic acids is 1. The van der Waals surface area contributed by atoms with Crippen LogP contribution in [0.1, 0.15) is 54.4 Å². The van der Waals surface area contributed by atoms with Gasteiger partial charge in [-0.1, -0.05) is 0 Å². The van der Waals surface area contributed by atoms with Gasteiger partial charge in [0.05, 0.1) is 12.7 Å². The van der Waals surface area contributed by atoms with Gasteiger partial charge in [-0.3, -0.25) is 0 Å². The van der Waals surface area contributed by atoms with Crippen molar-refractivity contribution in [3.8, 4) is 0 Å². The summed E-state index contributed by atoms with van der Waals surface area (Å²) in [4.78, 5) is 11.8. The van der Waals surface area contributed by atoms with Crippen LogP contribution in [-0.2, 0) is 11.3 Å². The topological polar surface area (TPSA) is 38.3 Å². The zero-order valence-electron chi connectivity index (χ0n) is 14.6. The van der Waals surface area contributed by atoms with E-state index >= 15 is 0 Å². The standard InChI is InChI=1S/C20H25F2NO2/c1-25-19(24)16-5-15(21)6-18(22)17(16)10-23-11-20-7-12-2-13(8-20)4-14(3-12)9-20/h5-6,12-14,23H,2-4,7-11H2,1H3. The van der Waals surface area contributed by atoms with Gasteiger partial charge in [-0.2, -0.15) is 0 Å². The fourth-order valence-electron chi connectivity index (χ4n) is 6.03. The van der Waals surface area contributed by atoms with Crippen molar-refractivity contribution in [1.29, 1.82) is 0 Å². The molecule has 0 aliphatic heterocycles. The Morgan fingerprint density at radius 2 is 1.76 bits per heavy atom. The largest absolute Gasteiger partial charge is 0.465 e. The molecule has 4 saturated carbocycles. The zero-order chi connectivity index (χ0) is 17.6. The van der Waals surface area contributed by atoms with Gasteiger partial charge in [-0.25, -0.2) is 13.6 Å². The number of carbonyl (C=O) groups is 1. The van der Waals surface area contributed by atoms with Crippen LogP contribution in [0.2, 0.25) is 0 Å². The Kier molecular flexibility index (Phi) is 4.30. The molecule has 4 fully saturated rings. The van der Waals surface area contributed by atoms with E-state index in [1.807, 2.05) is 0 Å². The van der Waals surface area contributed by atoms with Gasteiger partial charge in [0, 0.05) is 24.7 Å². The van der Waals surface area contributed by atoms with Crippen LogP contribution in [0.25, 0.3) is 0 Å². The molecule has 0 spiro atoms. The van der Waals surface area contributed by atoms with E-state index in [0.29, 0.717) is 5.41 Å². The molecular formula is C20H25F2NO2. The monoisotopic (exact) mass is 349 g/mol. The highest BCUT2D eigenvalue weighted by molar-refractivity contribution is 5.91. The third-order valence-corrected chi connectivity index (χ3v) is 6.53. The Morgan fingerprint density at radius 3 is 2.32 bits per heavy atom. The summed E-state index contributed by atoms with van der Waals surface area (Å²) in [5.74, 6) is 0.426. The Bertz CT molecular complexity index is 653. The first-order valence-corrected chi connectivity index (χ1v) is 9.25. The highest BCUT2D eigenvalue weighted by Gasteiger charge is 2.50. The molecular weight excluding hydrogens is 324 g/mol. The van der Waals surface area contributed by atoms with E-state index in [0.717, 1.165) is 36.4 Å². The van der Waals surface area contributed by atoms with E-state index < -0.39 is 17.6 Å². The maximum atomic E-state index is 14.2. The lowest BCUT2D eigenvalue weighted by molar-refractivity contribution is -0.0514. The molecule has 0 radical (unpaired) electrons. The lowest BCUT2D eigenvalue weighted by Crippen LogP contribution is -2.50. The van der Waals surface area contributed by atoms with E-state index in [-0.39, 0.29) is 17.7 Å². The van der Waals surface area contributed by atoms with Crippen molar-refractivity contribution >= 4 is 5.97 Å². The molecule has 4 bridgehead atoms. The lowest BCUT2D eigenvalue weighted by atomic mass is 9.49. The number of hydrogen-bond acceptors (Lipinski definition) is 3. The van der Waals surface area contributed by atoms with Gasteiger partial charge in [-0.15, -0.1) is 0 Å². The molecule has 0 amide bonds. The number of halogens is 2. The minimum Gasteiger partial charge on any atom is -0.465 e. The molecule has 4 aliphatic carbocycles. The van der Waals surface area contributed by atoms with E-state index in [4.69, 9.17) is 0 Å². The average molecular weight is 349 g/mol. The third kappa shape index (κ3) is 3.19. The predicted molar refractivity (Wildman–Crippen MR) is 90.0 cm³/mol. The maximum absolute atomic E-state index is 14.2. The summed E-state index contributed by atoms with van der Waals surface area (Å²) in [5, 5.41) is 3.37. The molecule has 25 heavy (non-hydrogen) atoms. The second-order valence-electron chi connectivity index (χ2n) is 8.43. The van der Waals surface area contributed by atoms with Gasteiger partial charge in [0.25, 0.3) is 0 Å². The fourth-order valence-corrected chi connectivity index (χ4v) is 6.03. The number of benzene rings is 1. The molecule has 136 valence electrons. The number of nitrogens with one attached hydrogen (secondary N) is 1. The molecule has 1 N–H and O–H groups in total. The van der Waals surface area contributed by atoms with Crippen LogP contribution < -0.4 is 5.32 Å². The Labute approximate surface area is 147 Å². The molecule has 0 heterocycles. The molecule has 5 rings (SSSR count). The number of hydrogen-bond donors (Lipinski definition) is 1. The van der Waals surface area contributed by atoms with Crippen molar-refractivity contribution in [3.63, 3.8) is 0 Å². The summed E-state index contributed by atoms with van der Waals surface area (Å²) in [6.45, 7) is 1.06. The fraction of sp³-hybridized carbons (Fsp3) is 0.650.